The molecule has 1 fully saturated rings. The van der Waals surface area contributed by atoms with Gasteiger partial charge in [-0.05, 0) is 50.8 Å². The van der Waals surface area contributed by atoms with Crippen LogP contribution < -0.4 is 27.2 Å². The zero-order valence-corrected chi connectivity index (χ0v) is 21.5. The highest BCUT2D eigenvalue weighted by molar-refractivity contribution is 5.93. The SMILES string of the molecule is CNC(=O)c1ccc(CCn2c(=O)c3c(nc(N4CCCC(N)C4)n3CC=C(C)C)n(C)c2=O)cc1. The highest BCUT2D eigenvalue weighted by Gasteiger charge is 2.26. The van der Waals surface area contributed by atoms with Crippen LogP contribution >= 0.6 is 0 Å². The minimum absolute atomic E-state index is 0.0470. The van der Waals surface area contributed by atoms with Crippen LogP contribution in [0.3, 0.4) is 0 Å². The molecule has 0 aliphatic carbocycles. The number of amides is 1. The summed E-state index contributed by atoms with van der Waals surface area (Å²) in [4.78, 5) is 45.6. The average molecular weight is 494 g/mol. The lowest BCUT2D eigenvalue weighted by Gasteiger charge is -2.31. The molecule has 1 amide bonds. The van der Waals surface area contributed by atoms with Crippen LogP contribution in [0.15, 0.2) is 45.5 Å². The van der Waals surface area contributed by atoms with E-state index in [9.17, 15) is 14.4 Å². The Labute approximate surface area is 210 Å². The van der Waals surface area contributed by atoms with Gasteiger partial charge in [0.15, 0.2) is 11.2 Å². The van der Waals surface area contributed by atoms with Gasteiger partial charge < -0.3 is 20.5 Å². The number of carbonyl (C=O) groups is 1. The van der Waals surface area contributed by atoms with Gasteiger partial charge in [0.25, 0.3) is 11.5 Å². The van der Waals surface area contributed by atoms with Crippen LogP contribution in [0.4, 0.5) is 5.95 Å². The van der Waals surface area contributed by atoms with E-state index in [1.807, 2.05) is 30.5 Å². The van der Waals surface area contributed by atoms with Gasteiger partial charge in [-0.3, -0.25) is 18.7 Å². The molecule has 10 nitrogen and oxygen atoms in total. The Balaban J connectivity index is 1.76. The number of hydrogen-bond donors (Lipinski definition) is 2. The van der Waals surface area contributed by atoms with E-state index in [4.69, 9.17) is 10.7 Å². The molecule has 0 bridgehead atoms. The first-order valence-electron chi connectivity index (χ1n) is 12.4. The summed E-state index contributed by atoms with van der Waals surface area (Å²) >= 11 is 0. The first-order chi connectivity index (χ1) is 17.2. The molecule has 1 aromatic carbocycles. The van der Waals surface area contributed by atoms with Gasteiger partial charge >= 0.3 is 5.69 Å². The molecule has 1 atom stereocenters. The predicted octanol–water partition coefficient (Wildman–Crippen LogP) is 1.39. The van der Waals surface area contributed by atoms with Gasteiger partial charge in [-0.2, -0.15) is 4.98 Å². The van der Waals surface area contributed by atoms with Crippen molar-refractivity contribution in [2.24, 2.45) is 12.8 Å². The summed E-state index contributed by atoms with van der Waals surface area (Å²) < 4.78 is 4.65. The highest BCUT2D eigenvalue weighted by Crippen LogP contribution is 2.23. The number of benzene rings is 1. The lowest BCUT2D eigenvalue weighted by molar-refractivity contribution is 0.0963. The zero-order valence-electron chi connectivity index (χ0n) is 21.5. The number of hydrogen-bond acceptors (Lipinski definition) is 6. The lowest BCUT2D eigenvalue weighted by atomic mass is 10.1. The molecular weight excluding hydrogens is 458 g/mol. The molecule has 0 radical (unpaired) electrons. The molecule has 3 N–H and O–H groups in total. The fraction of sp³-hybridized carbons (Fsp3) is 0.462. The van der Waals surface area contributed by atoms with Gasteiger partial charge in [0.05, 0.1) is 0 Å². The fourth-order valence-electron chi connectivity index (χ4n) is 4.65. The Morgan fingerprint density at radius 2 is 1.92 bits per heavy atom. The second-order valence-electron chi connectivity index (χ2n) is 9.65. The Morgan fingerprint density at radius 1 is 1.19 bits per heavy atom. The van der Waals surface area contributed by atoms with E-state index in [0.717, 1.165) is 30.5 Å². The average Bonchev–Trinajstić information content (AvgIpc) is 3.26. The number of allylic oxidation sites excluding steroid dienone is 2. The van der Waals surface area contributed by atoms with Gasteiger partial charge in [-0.15, -0.1) is 0 Å². The van der Waals surface area contributed by atoms with Crippen LogP contribution in [0.25, 0.3) is 11.2 Å². The maximum Gasteiger partial charge on any atom is 0.332 e. The van der Waals surface area contributed by atoms with E-state index in [1.165, 1.54) is 9.13 Å². The van der Waals surface area contributed by atoms with Crippen molar-refractivity contribution in [2.45, 2.75) is 52.2 Å². The van der Waals surface area contributed by atoms with Crippen LogP contribution in [0.2, 0.25) is 0 Å². The Kier molecular flexibility index (Phi) is 7.44. The Morgan fingerprint density at radius 3 is 2.56 bits per heavy atom. The molecule has 1 unspecified atom stereocenters. The molecule has 1 saturated heterocycles. The number of fused-ring (bicyclic) bond motifs is 1. The molecule has 1 aliphatic heterocycles. The van der Waals surface area contributed by atoms with Gasteiger partial charge in [-0.25, -0.2) is 4.79 Å². The number of rotatable bonds is 7. The Bertz CT molecular complexity index is 1410. The molecule has 2 aromatic heterocycles. The Hall–Kier alpha value is -3.66. The first kappa shape index (κ1) is 25.4. The summed E-state index contributed by atoms with van der Waals surface area (Å²) in [5.74, 6) is 0.513. The van der Waals surface area contributed by atoms with E-state index in [0.29, 0.717) is 42.2 Å². The minimum atomic E-state index is -0.400. The summed E-state index contributed by atoms with van der Waals surface area (Å²) in [6.45, 7) is 6.19. The van der Waals surface area contributed by atoms with E-state index in [2.05, 4.69) is 16.3 Å². The maximum atomic E-state index is 13.7. The number of nitrogens with two attached hydrogens (primary N) is 1. The molecule has 1 aliphatic rings. The molecule has 10 heteroatoms. The van der Waals surface area contributed by atoms with E-state index < -0.39 is 5.69 Å². The van der Waals surface area contributed by atoms with Crippen LogP contribution in [-0.2, 0) is 26.6 Å². The monoisotopic (exact) mass is 493 g/mol. The second kappa shape index (κ2) is 10.5. The molecule has 0 saturated carbocycles. The lowest BCUT2D eigenvalue weighted by Crippen LogP contribution is -2.44. The number of carbonyl (C=O) groups excluding carboxylic acids is 1. The van der Waals surface area contributed by atoms with E-state index in [1.54, 1.807) is 26.2 Å². The van der Waals surface area contributed by atoms with Crippen molar-refractivity contribution in [1.82, 2.24) is 24.0 Å². The normalized spacial score (nSPS) is 15.8. The quantitative estimate of drug-likeness (QED) is 0.480. The highest BCUT2D eigenvalue weighted by atomic mass is 16.2. The van der Waals surface area contributed by atoms with Crippen molar-refractivity contribution in [1.29, 1.82) is 0 Å². The molecule has 36 heavy (non-hydrogen) atoms. The van der Waals surface area contributed by atoms with E-state index in [-0.39, 0.29) is 24.1 Å². The van der Waals surface area contributed by atoms with Crippen LogP contribution in [0.5, 0.6) is 0 Å². The van der Waals surface area contributed by atoms with Crippen LogP contribution in [-0.4, -0.2) is 50.8 Å². The van der Waals surface area contributed by atoms with Gasteiger partial charge in [0, 0.05) is 51.9 Å². The van der Waals surface area contributed by atoms with Gasteiger partial charge in [-0.1, -0.05) is 23.8 Å². The number of aromatic nitrogens is 4. The smallest absolute Gasteiger partial charge is 0.332 e. The maximum absolute atomic E-state index is 13.7. The van der Waals surface area contributed by atoms with Gasteiger partial charge in [0.2, 0.25) is 5.95 Å². The summed E-state index contributed by atoms with van der Waals surface area (Å²) in [5.41, 5.74) is 8.90. The summed E-state index contributed by atoms with van der Waals surface area (Å²) in [6.07, 6.45) is 4.44. The molecule has 3 aromatic rings. The van der Waals surface area contributed by atoms with Crippen molar-refractivity contribution in [2.75, 3.05) is 25.0 Å². The predicted molar refractivity (Wildman–Crippen MR) is 142 cm³/mol. The number of nitrogens with one attached hydrogen (secondary N) is 1. The number of piperidine rings is 1. The minimum Gasteiger partial charge on any atom is -0.355 e. The third-order valence-electron chi connectivity index (χ3n) is 6.70. The van der Waals surface area contributed by atoms with Crippen molar-refractivity contribution in [3.63, 3.8) is 0 Å². The van der Waals surface area contributed by atoms with Crippen LogP contribution in [0, 0.1) is 0 Å². The molecular formula is C26H35N7O3. The van der Waals surface area contributed by atoms with Crippen molar-refractivity contribution in [3.8, 4) is 0 Å². The topological polar surface area (TPSA) is 120 Å². The number of imidazole rings is 1. The van der Waals surface area contributed by atoms with Crippen molar-refractivity contribution >= 4 is 23.0 Å². The molecule has 3 heterocycles. The molecule has 192 valence electrons. The van der Waals surface area contributed by atoms with Crippen molar-refractivity contribution in [3.05, 3.63) is 67.9 Å². The first-order valence-corrected chi connectivity index (χ1v) is 12.4. The van der Waals surface area contributed by atoms with E-state index >= 15 is 0 Å². The fourth-order valence-corrected chi connectivity index (χ4v) is 4.65. The van der Waals surface area contributed by atoms with Crippen LogP contribution in [0.1, 0.15) is 42.6 Å². The summed E-state index contributed by atoms with van der Waals surface area (Å²) in [6, 6.07) is 7.21. The molecule has 0 spiro atoms. The largest absolute Gasteiger partial charge is 0.355 e. The molecule has 4 rings (SSSR count). The third-order valence-corrected chi connectivity index (χ3v) is 6.70. The number of nitrogens with zero attached hydrogens (tertiary/aromatic N) is 5. The standard InChI is InChI=1S/C26H35N7O3/c1-17(2)11-14-32-21-22(29-25(32)31-13-5-6-20(27)16-31)30(4)26(36)33(24(21)35)15-12-18-7-9-19(10-8-18)23(34)28-3/h7-11,20H,5-6,12-16,27H2,1-4H3,(H,28,34). The van der Waals surface area contributed by atoms with Crippen molar-refractivity contribution < 1.29 is 4.79 Å². The van der Waals surface area contributed by atoms with Gasteiger partial charge in [0.1, 0.15) is 0 Å². The zero-order chi connectivity index (χ0) is 26.0. The summed E-state index contributed by atoms with van der Waals surface area (Å²) in [5, 5.41) is 2.60. The number of aryl methyl sites for hydroxylation is 2. The number of anilines is 1. The third kappa shape index (κ3) is 4.99. The second-order valence-corrected chi connectivity index (χ2v) is 9.65. The summed E-state index contributed by atoms with van der Waals surface area (Å²) in [7, 11) is 3.24.